The Bertz CT molecular complexity index is 342. The zero-order valence-corrected chi connectivity index (χ0v) is 9.67. The zero-order chi connectivity index (χ0) is 12.7. The quantitative estimate of drug-likeness (QED) is 0.645. The lowest BCUT2D eigenvalue weighted by Crippen LogP contribution is -2.40. The SMILES string of the molecule is C[C@H](NC[C@H](O)COc1ccccc1)C(=O)O. The van der Waals surface area contributed by atoms with E-state index in [1.165, 1.54) is 6.92 Å². The Balaban J connectivity index is 2.22. The summed E-state index contributed by atoms with van der Waals surface area (Å²) >= 11 is 0. The van der Waals surface area contributed by atoms with Gasteiger partial charge in [0.1, 0.15) is 24.5 Å². The van der Waals surface area contributed by atoms with E-state index in [1.54, 1.807) is 12.1 Å². The van der Waals surface area contributed by atoms with Crippen LogP contribution in [0.4, 0.5) is 0 Å². The van der Waals surface area contributed by atoms with E-state index in [1.807, 2.05) is 18.2 Å². The van der Waals surface area contributed by atoms with Crippen LogP contribution in [0.2, 0.25) is 0 Å². The molecule has 0 amide bonds. The molecule has 0 radical (unpaired) electrons. The van der Waals surface area contributed by atoms with Crippen molar-refractivity contribution in [1.82, 2.24) is 5.32 Å². The molecule has 5 heteroatoms. The van der Waals surface area contributed by atoms with Crippen molar-refractivity contribution in [3.05, 3.63) is 30.3 Å². The van der Waals surface area contributed by atoms with Crippen molar-refractivity contribution >= 4 is 5.97 Å². The monoisotopic (exact) mass is 239 g/mol. The third-order valence-corrected chi connectivity index (χ3v) is 2.22. The van der Waals surface area contributed by atoms with Crippen LogP contribution in [0.1, 0.15) is 6.92 Å². The third kappa shape index (κ3) is 5.33. The highest BCUT2D eigenvalue weighted by molar-refractivity contribution is 5.72. The molecule has 5 nitrogen and oxygen atoms in total. The average Bonchev–Trinajstić information content (AvgIpc) is 2.34. The molecule has 17 heavy (non-hydrogen) atoms. The van der Waals surface area contributed by atoms with E-state index < -0.39 is 18.1 Å². The number of aliphatic hydroxyl groups is 1. The maximum atomic E-state index is 10.5. The fourth-order valence-electron chi connectivity index (χ4n) is 1.17. The molecule has 0 aliphatic heterocycles. The maximum Gasteiger partial charge on any atom is 0.320 e. The highest BCUT2D eigenvalue weighted by atomic mass is 16.5. The number of para-hydroxylation sites is 1. The van der Waals surface area contributed by atoms with Crippen molar-refractivity contribution in [1.29, 1.82) is 0 Å². The number of carbonyl (C=O) groups is 1. The number of carboxylic acid groups (broad SMARTS) is 1. The van der Waals surface area contributed by atoms with E-state index in [9.17, 15) is 9.90 Å². The molecule has 0 saturated carbocycles. The molecule has 0 bridgehead atoms. The molecule has 0 aliphatic carbocycles. The van der Waals surface area contributed by atoms with Crippen LogP contribution in [-0.4, -0.2) is 41.5 Å². The third-order valence-electron chi connectivity index (χ3n) is 2.22. The van der Waals surface area contributed by atoms with Gasteiger partial charge in [0.15, 0.2) is 0 Å². The number of benzene rings is 1. The number of aliphatic carboxylic acids is 1. The van der Waals surface area contributed by atoms with E-state index in [0.29, 0.717) is 5.75 Å². The van der Waals surface area contributed by atoms with Crippen LogP contribution in [0, 0.1) is 0 Å². The van der Waals surface area contributed by atoms with Crippen molar-refractivity contribution in [2.45, 2.75) is 19.1 Å². The van der Waals surface area contributed by atoms with Gasteiger partial charge in [-0.3, -0.25) is 4.79 Å². The van der Waals surface area contributed by atoms with Gasteiger partial charge in [0, 0.05) is 6.54 Å². The zero-order valence-electron chi connectivity index (χ0n) is 9.67. The number of ether oxygens (including phenoxy) is 1. The summed E-state index contributed by atoms with van der Waals surface area (Å²) in [7, 11) is 0. The van der Waals surface area contributed by atoms with Gasteiger partial charge in [-0.25, -0.2) is 0 Å². The molecular weight excluding hydrogens is 222 g/mol. The van der Waals surface area contributed by atoms with Crippen LogP contribution in [0.15, 0.2) is 30.3 Å². The van der Waals surface area contributed by atoms with Crippen LogP contribution in [0.3, 0.4) is 0 Å². The summed E-state index contributed by atoms with van der Waals surface area (Å²) in [5.74, 6) is -0.265. The van der Waals surface area contributed by atoms with Crippen LogP contribution < -0.4 is 10.1 Å². The van der Waals surface area contributed by atoms with Crippen LogP contribution >= 0.6 is 0 Å². The molecule has 0 aromatic heterocycles. The number of rotatable bonds is 7. The predicted octanol–water partition coefficient (Wildman–Crippen LogP) is 0.489. The molecule has 0 heterocycles. The molecule has 0 aliphatic rings. The Morgan fingerprint density at radius 2 is 2.06 bits per heavy atom. The standard InChI is InChI=1S/C12H17NO4/c1-9(12(15)16)13-7-10(14)8-17-11-5-3-2-4-6-11/h2-6,9-10,13-14H,7-8H2,1H3,(H,15,16)/t9-,10-/m0/s1. The molecule has 0 fully saturated rings. The van der Waals surface area contributed by atoms with Gasteiger partial charge in [0.2, 0.25) is 0 Å². The molecule has 0 saturated heterocycles. The Kier molecular flexibility index (Phi) is 5.45. The van der Waals surface area contributed by atoms with Gasteiger partial charge in [-0.2, -0.15) is 0 Å². The van der Waals surface area contributed by atoms with Gasteiger partial charge >= 0.3 is 5.97 Å². The van der Waals surface area contributed by atoms with Crippen molar-refractivity contribution < 1.29 is 19.7 Å². The first-order valence-corrected chi connectivity index (χ1v) is 5.41. The molecule has 0 unspecified atom stereocenters. The van der Waals surface area contributed by atoms with E-state index in [4.69, 9.17) is 9.84 Å². The van der Waals surface area contributed by atoms with Crippen LogP contribution in [0.5, 0.6) is 5.75 Å². The second kappa shape index (κ2) is 6.88. The van der Waals surface area contributed by atoms with E-state index in [0.717, 1.165) is 0 Å². The summed E-state index contributed by atoms with van der Waals surface area (Å²) in [6.07, 6.45) is -0.739. The molecule has 94 valence electrons. The number of hydrogen-bond acceptors (Lipinski definition) is 4. The summed E-state index contributed by atoms with van der Waals surface area (Å²) in [6, 6.07) is 8.46. The van der Waals surface area contributed by atoms with E-state index >= 15 is 0 Å². The molecule has 1 aromatic rings. The topological polar surface area (TPSA) is 78.8 Å². The van der Waals surface area contributed by atoms with Crippen LogP contribution in [0.25, 0.3) is 0 Å². The summed E-state index contributed by atoms with van der Waals surface area (Å²) < 4.78 is 5.32. The number of hydrogen-bond donors (Lipinski definition) is 3. The summed E-state index contributed by atoms with van der Waals surface area (Å²) in [5.41, 5.74) is 0. The Hall–Kier alpha value is -1.59. The molecule has 1 aromatic carbocycles. The second-order valence-corrected chi connectivity index (χ2v) is 3.75. The smallest absolute Gasteiger partial charge is 0.320 e. The van der Waals surface area contributed by atoms with Gasteiger partial charge in [-0.15, -0.1) is 0 Å². The first-order chi connectivity index (χ1) is 8.09. The lowest BCUT2D eigenvalue weighted by Gasteiger charge is -2.15. The minimum atomic E-state index is -0.943. The predicted molar refractivity (Wildman–Crippen MR) is 63.0 cm³/mol. The first-order valence-electron chi connectivity index (χ1n) is 5.41. The van der Waals surface area contributed by atoms with Gasteiger partial charge in [0.25, 0.3) is 0 Å². The second-order valence-electron chi connectivity index (χ2n) is 3.75. The maximum absolute atomic E-state index is 10.5. The fraction of sp³-hybridized carbons (Fsp3) is 0.417. The lowest BCUT2D eigenvalue weighted by molar-refractivity contribution is -0.139. The van der Waals surface area contributed by atoms with E-state index in [2.05, 4.69) is 5.32 Å². The van der Waals surface area contributed by atoms with Crippen molar-refractivity contribution in [3.8, 4) is 5.75 Å². The van der Waals surface area contributed by atoms with Crippen molar-refractivity contribution in [2.24, 2.45) is 0 Å². The average molecular weight is 239 g/mol. The van der Waals surface area contributed by atoms with Gasteiger partial charge in [-0.1, -0.05) is 18.2 Å². The normalized spacial score (nSPS) is 14.0. The highest BCUT2D eigenvalue weighted by Crippen LogP contribution is 2.08. The number of carboxylic acids is 1. The molecule has 1 rings (SSSR count). The fourth-order valence-corrected chi connectivity index (χ4v) is 1.17. The van der Waals surface area contributed by atoms with Gasteiger partial charge in [-0.05, 0) is 19.1 Å². The van der Waals surface area contributed by atoms with Crippen molar-refractivity contribution in [2.75, 3.05) is 13.2 Å². The Labute approximate surface area is 100 Å². The molecule has 3 N–H and O–H groups in total. The number of nitrogens with one attached hydrogen (secondary N) is 1. The lowest BCUT2D eigenvalue weighted by atomic mass is 10.3. The minimum absolute atomic E-state index is 0.128. The largest absolute Gasteiger partial charge is 0.491 e. The molecular formula is C12H17NO4. The van der Waals surface area contributed by atoms with Crippen LogP contribution in [-0.2, 0) is 4.79 Å². The molecule has 0 spiro atoms. The minimum Gasteiger partial charge on any atom is -0.491 e. The molecule has 2 atom stereocenters. The Morgan fingerprint density at radius 3 is 2.65 bits per heavy atom. The van der Waals surface area contributed by atoms with Crippen molar-refractivity contribution in [3.63, 3.8) is 0 Å². The van der Waals surface area contributed by atoms with E-state index in [-0.39, 0.29) is 13.2 Å². The van der Waals surface area contributed by atoms with Gasteiger partial charge < -0.3 is 20.3 Å². The summed E-state index contributed by atoms with van der Waals surface area (Å²) in [5, 5.41) is 20.9. The number of aliphatic hydroxyl groups excluding tert-OH is 1. The Morgan fingerprint density at radius 1 is 1.41 bits per heavy atom. The first kappa shape index (κ1) is 13.5. The highest BCUT2D eigenvalue weighted by Gasteiger charge is 2.12. The summed E-state index contributed by atoms with van der Waals surface area (Å²) in [6.45, 7) is 1.83. The van der Waals surface area contributed by atoms with Gasteiger partial charge in [0.05, 0.1) is 0 Å². The summed E-state index contributed by atoms with van der Waals surface area (Å²) in [4.78, 5) is 10.5.